The van der Waals surface area contributed by atoms with Gasteiger partial charge in [0.1, 0.15) is 5.54 Å². The van der Waals surface area contributed by atoms with Crippen LogP contribution in [0.25, 0.3) is 0 Å². The molecule has 5 heteroatoms. The van der Waals surface area contributed by atoms with E-state index in [2.05, 4.69) is 0 Å². The maximum atomic E-state index is 13.1. The number of benzene rings is 1. The van der Waals surface area contributed by atoms with E-state index in [1.54, 1.807) is 12.1 Å². The van der Waals surface area contributed by atoms with E-state index in [4.69, 9.17) is 17.3 Å². The Morgan fingerprint density at radius 1 is 1.44 bits per heavy atom. The average molecular weight is 248 g/mol. The number of hydrogen-bond donors (Lipinski definition) is 2. The van der Waals surface area contributed by atoms with Gasteiger partial charge in [-0.25, -0.2) is 8.78 Å². The Balaban J connectivity index is 2.44. The summed E-state index contributed by atoms with van der Waals surface area (Å²) in [5.41, 5.74) is 4.12. The van der Waals surface area contributed by atoms with E-state index in [1.165, 1.54) is 12.1 Å². The molecule has 1 aromatic carbocycles. The van der Waals surface area contributed by atoms with E-state index in [-0.39, 0.29) is 10.6 Å². The SMILES string of the molecule is N[C@@](c1ccccc1Cl)(C(F)F)[C@H]1C[C@H]1O. The van der Waals surface area contributed by atoms with Crippen molar-refractivity contribution in [3.05, 3.63) is 34.9 Å². The van der Waals surface area contributed by atoms with Crippen LogP contribution in [0.3, 0.4) is 0 Å². The molecule has 2 nitrogen and oxygen atoms in total. The highest BCUT2D eigenvalue weighted by Gasteiger charge is 2.56. The highest BCUT2D eigenvalue weighted by molar-refractivity contribution is 6.31. The van der Waals surface area contributed by atoms with Crippen molar-refractivity contribution in [1.29, 1.82) is 0 Å². The number of aliphatic hydroxyl groups is 1. The minimum absolute atomic E-state index is 0.202. The van der Waals surface area contributed by atoms with Crippen molar-refractivity contribution in [2.75, 3.05) is 0 Å². The molecule has 0 aromatic heterocycles. The summed E-state index contributed by atoms with van der Waals surface area (Å²) in [4.78, 5) is 0. The molecule has 0 radical (unpaired) electrons. The highest BCUT2D eigenvalue weighted by Crippen LogP contribution is 2.49. The molecule has 0 heterocycles. The summed E-state index contributed by atoms with van der Waals surface area (Å²) in [7, 11) is 0. The minimum atomic E-state index is -2.76. The van der Waals surface area contributed by atoms with Gasteiger partial charge in [0.25, 0.3) is 6.43 Å². The monoisotopic (exact) mass is 247 g/mol. The van der Waals surface area contributed by atoms with Crippen LogP contribution in [-0.4, -0.2) is 17.6 Å². The van der Waals surface area contributed by atoms with E-state index in [0.29, 0.717) is 6.42 Å². The Labute approximate surface area is 97.0 Å². The van der Waals surface area contributed by atoms with E-state index in [1.807, 2.05) is 0 Å². The Morgan fingerprint density at radius 3 is 2.44 bits per heavy atom. The fourth-order valence-corrected chi connectivity index (χ4v) is 2.29. The lowest BCUT2D eigenvalue weighted by Gasteiger charge is -2.30. The number of hydrogen-bond acceptors (Lipinski definition) is 2. The van der Waals surface area contributed by atoms with Gasteiger partial charge in [-0.2, -0.15) is 0 Å². The Kier molecular flexibility index (Phi) is 2.90. The summed E-state index contributed by atoms with van der Waals surface area (Å²) in [6, 6.07) is 6.27. The summed E-state index contributed by atoms with van der Waals surface area (Å²) < 4.78 is 26.2. The summed E-state index contributed by atoms with van der Waals surface area (Å²) in [5.74, 6) is -0.618. The zero-order valence-corrected chi connectivity index (χ0v) is 9.16. The van der Waals surface area contributed by atoms with Crippen molar-refractivity contribution < 1.29 is 13.9 Å². The first-order chi connectivity index (χ1) is 7.48. The first-order valence-electron chi connectivity index (χ1n) is 4.98. The van der Waals surface area contributed by atoms with E-state index in [9.17, 15) is 13.9 Å². The van der Waals surface area contributed by atoms with Gasteiger partial charge in [0, 0.05) is 10.9 Å². The van der Waals surface area contributed by atoms with Crippen LogP contribution in [0, 0.1) is 5.92 Å². The Morgan fingerprint density at radius 2 is 2.00 bits per heavy atom. The van der Waals surface area contributed by atoms with Crippen molar-refractivity contribution >= 4 is 11.6 Å². The van der Waals surface area contributed by atoms with Crippen LogP contribution >= 0.6 is 11.6 Å². The van der Waals surface area contributed by atoms with Gasteiger partial charge in [-0.1, -0.05) is 29.8 Å². The molecule has 1 aromatic rings. The molecule has 1 aliphatic rings. The molecule has 1 saturated carbocycles. The smallest absolute Gasteiger partial charge is 0.260 e. The largest absolute Gasteiger partial charge is 0.393 e. The van der Waals surface area contributed by atoms with Gasteiger partial charge in [0.2, 0.25) is 0 Å². The maximum Gasteiger partial charge on any atom is 0.260 e. The lowest BCUT2D eigenvalue weighted by atomic mass is 9.86. The minimum Gasteiger partial charge on any atom is -0.393 e. The summed E-state index contributed by atoms with van der Waals surface area (Å²) in [6.45, 7) is 0. The third-order valence-corrected chi connectivity index (χ3v) is 3.40. The van der Waals surface area contributed by atoms with Gasteiger partial charge in [0.05, 0.1) is 6.10 Å². The predicted octanol–water partition coefficient (Wildman–Crippen LogP) is 2.14. The average Bonchev–Trinajstić information content (AvgIpc) is 2.95. The fourth-order valence-electron chi connectivity index (χ4n) is 1.99. The fraction of sp³-hybridized carbons (Fsp3) is 0.455. The molecule has 0 saturated heterocycles. The van der Waals surface area contributed by atoms with Gasteiger partial charge in [0.15, 0.2) is 0 Å². The zero-order chi connectivity index (χ0) is 11.9. The molecule has 0 amide bonds. The lowest BCUT2D eigenvalue weighted by Crippen LogP contribution is -2.47. The molecule has 0 bridgehead atoms. The van der Waals surface area contributed by atoms with Gasteiger partial charge in [-0.3, -0.25) is 0 Å². The van der Waals surface area contributed by atoms with Gasteiger partial charge in [-0.15, -0.1) is 0 Å². The Hall–Kier alpha value is -0.710. The van der Waals surface area contributed by atoms with Crippen LogP contribution in [0.15, 0.2) is 24.3 Å². The lowest BCUT2D eigenvalue weighted by molar-refractivity contribution is 0.0283. The molecule has 88 valence electrons. The molecule has 16 heavy (non-hydrogen) atoms. The van der Waals surface area contributed by atoms with E-state index < -0.39 is 24.0 Å². The van der Waals surface area contributed by atoms with Crippen molar-refractivity contribution in [2.45, 2.75) is 24.5 Å². The van der Waals surface area contributed by atoms with Gasteiger partial charge in [-0.05, 0) is 18.1 Å². The van der Waals surface area contributed by atoms with Crippen molar-refractivity contribution in [2.24, 2.45) is 11.7 Å². The summed E-state index contributed by atoms with van der Waals surface area (Å²) in [5, 5.41) is 9.52. The maximum absolute atomic E-state index is 13.1. The first kappa shape index (κ1) is 11.8. The molecule has 2 rings (SSSR count). The molecule has 1 aliphatic carbocycles. The van der Waals surface area contributed by atoms with Crippen molar-refractivity contribution in [1.82, 2.24) is 0 Å². The molecule has 3 atom stereocenters. The number of halogens is 3. The first-order valence-corrected chi connectivity index (χ1v) is 5.35. The number of rotatable bonds is 3. The molecule has 3 N–H and O–H groups in total. The standard InChI is InChI=1S/C11H12ClF2NO/c12-8-4-2-1-3-6(8)11(15,10(13)14)7-5-9(7)16/h1-4,7,9-10,16H,5,15H2/t7-,9+,11+/m0/s1. The van der Waals surface area contributed by atoms with E-state index in [0.717, 1.165) is 0 Å². The van der Waals surface area contributed by atoms with Crippen molar-refractivity contribution in [3.8, 4) is 0 Å². The Bertz CT molecular complexity index is 401. The number of nitrogens with two attached hydrogens (primary N) is 1. The second-order valence-electron chi connectivity index (χ2n) is 4.12. The predicted molar refractivity (Wildman–Crippen MR) is 57.4 cm³/mol. The number of aliphatic hydroxyl groups excluding tert-OH is 1. The third-order valence-electron chi connectivity index (χ3n) is 3.07. The van der Waals surface area contributed by atoms with Crippen LogP contribution in [0.1, 0.15) is 12.0 Å². The van der Waals surface area contributed by atoms with Crippen LogP contribution in [-0.2, 0) is 5.54 Å². The van der Waals surface area contributed by atoms with Gasteiger partial charge >= 0.3 is 0 Å². The third kappa shape index (κ3) is 1.71. The summed E-state index contributed by atoms with van der Waals surface area (Å²) in [6.07, 6.45) is -3.21. The molecule has 1 fully saturated rings. The zero-order valence-electron chi connectivity index (χ0n) is 8.41. The van der Waals surface area contributed by atoms with Crippen LogP contribution in [0.2, 0.25) is 5.02 Å². The van der Waals surface area contributed by atoms with Crippen LogP contribution in [0.4, 0.5) is 8.78 Å². The molecular weight excluding hydrogens is 236 g/mol. The quantitative estimate of drug-likeness (QED) is 0.860. The molecule has 0 spiro atoms. The van der Waals surface area contributed by atoms with Crippen LogP contribution in [0.5, 0.6) is 0 Å². The second kappa shape index (κ2) is 3.95. The molecular formula is C11H12ClF2NO. The van der Waals surface area contributed by atoms with Gasteiger partial charge < -0.3 is 10.8 Å². The molecule has 0 aliphatic heterocycles. The van der Waals surface area contributed by atoms with Crippen LogP contribution < -0.4 is 5.73 Å². The number of alkyl halides is 2. The topological polar surface area (TPSA) is 46.2 Å². The highest BCUT2D eigenvalue weighted by atomic mass is 35.5. The summed E-state index contributed by atoms with van der Waals surface area (Å²) >= 11 is 5.88. The second-order valence-corrected chi connectivity index (χ2v) is 4.53. The van der Waals surface area contributed by atoms with E-state index >= 15 is 0 Å². The van der Waals surface area contributed by atoms with Crippen molar-refractivity contribution in [3.63, 3.8) is 0 Å². The normalized spacial score (nSPS) is 27.9. The molecule has 0 unspecified atom stereocenters.